The lowest BCUT2D eigenvalue weighted by molar-refractivity contribution is -0.117. The number of hydrogen-bond donors (Lipinski definition) is 1. The van der Waals surface area contributed by atoms with Crippen LogP contribution in [0.5, 0.6) is 0 Å². The highest BCUT2D eigenvalue weighted by Crippen LogP contribution is 2.42. The van der Waals surface area contributed by atoms with E-state index in [1.54, 1.807) is 11.0 Å². The van der Waals surface area contributed by atoms with Crippen molar-refractivity contribution in [2.24, 2.45) is 0 Å². The first-order valence-corrected chi connectivity index (χ1v) is 8.42. The Kier molecular flexibility index (Phi) is 3.93. The number of benzene rings is 1. The van der Waals surface area contributed by atoms with Crippen molar-refractivity contribution in [2.45, 2.75) is 31.4 Å². The van der Waals surface area contributed by atoms with Gasteiger partial charge in [0, 0.05) is 6.04 Å². The van der Waals surface area contributed by atoms with Gasteiger partial charge in [0.25, 0.3) is 0 Å². The number of rotatable bonds is 4. The number of fused-ring (bicyclic) bond motifs is 1. The largest absolute Gasteiger partial charge is 0.453 e. The van der Waals surface area contributed by atoms with E-state index in [2.05, 4.69) is 10.1 Å². The molecule has 1 aliphatic carbocycles. The Labute approximate surface area is 148 Å². The molecule has 2 heterocycles. The molecule has 3 amide bonds. The van der Waals surface area contributed by atoms with Crippen LogP contribution in [0.2, 0.25) is 0 Å². The van der Waals surface area contributed by atoms with E-state index in [0.29, 0.717) is 16.9 Å². The standard InChI is InChI=1S/C17H18FN3O5/c1-25-16(23)19-7-12-8-20(17(24)26-12)11-4-9-5-14(22)21(10-2-3-10)15(9)13(18)6-11/h4,6,10,12H,2-3,5,7-8H2,1H3,(H,19,23). The van der Waals surface area contributed by atoms with E-state index in [-0.39, 0.29) is 31.5 Å². The summed E-state index contributed by atoms with van der Waals surface area (Å²) in [6, 6.07) is 3.01. The molecule has 1 aromatic rings. The molecule has 1 N–H and O–H groups in total. The minimum atomic E-state index is -0.623. The zero-order valence-electron chi connectivity index (χ0n) is 14.2. The average molecular weight is 363 g/mol. The van der Waals surface area contributed by atoms with Crippen molar-refractivity contribution in [3.63, 3.8) is 0 Å². The molecule has 9 heteroatoms. The normalized spacial score (nSPS) is 21.7. The first kappa shape index (κ1) is 16.6. The van der Waals surface area contributed by atoms with Gasteiger partial charge in [-0.3, -0.25) is 9.69 Å². The average Bonchev–Trinajstić information content (AvgIpc) is 3.28. The molecule has 1 atom stereocenters. The number of anilines is 2. The third kappa shape index (κ3) is 2.83. The monoisotopic (exact) mass is 363 g/mol. The fourth-order valence-corrected chi connectivity index (χ4v) is 3.40. The number of hydrogen-bond acceptors (Lipinski definition) is 5. The molecule has 1 aromatic carbocycles. The van der Waals surface area contributed by atoms with Crippen molar-refractivity contribution in [1.82, 2.24) is 5.32 Å². The smallest absolute Gasteiger partial charge is 0.414 e. The summed E-state index contributed by atoms with van der Waals surface area (Å²) in [7, 11) is 1.24. The predicted molar refractivity (Wildman–Crippen MR) is 88.6 cm³/mol. The Balaban J connectivity index is 1.53. The van der Waals surface area contributed by atoms with Gasteiger partial charge >= 0.3 is 12.2 Å². The van der Waals surface area contributed by atoms with E-state index >= 15 is 0 Å². The molecule has 26 heavy (non-hydrogen) atoms. The number of carbonyl (C=O) groups excluding carboxylic acids is 3. The van der Waals surface area contributed by atoms with Crippen LogP contribution in [0.3, 0.4) is 0 Å². The van der Waals surface area contributed by atoms with E-state index in [1.807, 2.05) is 0 Å². The van der Waals surface area contributed by atoms with Crippen LogP contribution in [0.4, 0.5) is 25.4 Å². The third-order valence-corrected chi connectivity index (χ3v) is 4.74. The van der Waals surface area contributed by atoms with E-state index in [1.165, 1.54) is 18.1 Å². The minimum absolute atomic E-state index is 0.0922. The highest BCUT2D eigenvalue weighted by molar-refractivity contribution is 6.03. The lowest BCUT2D eigenvalue weighted by Gasteiger charge is -2.19. The van der Waals surface area contributed by atoms with Gasteiger partial charge in [-0.25, -0.2) is 14.0 Å². The van der Waals surface area contributed by atoms with Crippen molar-refractivity contribution < 1.29 is 28.2 Å². The number of nitrogens with zero attached hydrogens (tertiary/aromatic N) is 2. The molecule has 2 aliphatic heterocycles. The first-order chi connectivity index (χ1) is 12.5. The summed E-state index contributed by atoms with van der Waals surface area (Å²) in [5.41, 5.74) is 1.26. The van der Waals surface area contributed by atoms with E-state index < -0.39 is 24.1 Å². The topological polar surface area (TPSA) is 88.2 Å². The van der Waals surface area contributed by atoms with Gasteiger partial charge in [-0.05, 0) is 30.5 Å². The molecule has 138 valence electrons. The van der Waals surface area contributed by atoms with E-state index in [0.717, 1.165) is 12.8 Å². The second kappa shape index (κ2) is 6.15. The van der Waals surface area contributed by atoms with Gasteiger partial charge in [0.2, 0.25) is 5.91 Å². The van der Waals surface area contributed by atoms with Gasteiger partial charge in [-0.2, -0.15) is 0 Å². The molecule has 0 bridgehead atoms. The lowest BCUT2D eigenvalue weighted by atomic mass is 10.1. The van der Waals surface area contributed by atoms with Gasteiger partial charge in [0.15, 0.2) is 0 Å². The number of nitrogens with one attached hydrogen (secondary N) is 1. The summed E-state index contributed by atoms with van der Waals surface area (Å²) in [5.74, 6) is -0.623. The summed E-state index contributed by atoms with van der Waals surface area (Å²) in [4.78, 5) is 38.3. The molecule has 1 saturated heterocycles. The summed E-state index contributed by atoms with van der Waals surface area (Å²) in [5, 5.41) is 2.46. The van der Waals surface area contributed by atoms with E-state index in [9.17, 15) is 18.8 Å². The second-order valence-electron chi connectivity index (χ2n) is 6.60. The molecular formula is C17H18FN3O5. The fourth-order valence-electron chi connectivity index (χ4n) is 3.40. The van der Waals surface area contributed by atoms with Crippen LogP contribution in [0.15, 0.2) is 12.1 Å². The van der Waals surface area contributed by atoms with Crippen LogP contribution in [0.25, 0.3) is 0 Å². The zero-order chi connectivity index (χ0) is 18.4. The van der Waals surface area contributed by atoms with Gasteiger partial charge in [-0.1, -0.05) is 0 Å². The Hall–Kier alpha value is -2.84. The quantitative estimate of drug-likeness (QED) is 0.877. The number of amides is 3. The van der Waals surface area contributed by atoms with Crippen molar-refractivity contribution >= 4 is 29.5 Å². The number of methoxy groups -OCH3 is 1. The van der Waals surface area contributed by atoms with Crippen LogP contribution in [0, 0.1) is 5.82 Å². The van der Waals surface area contributed by atoms with Gasteiger partial charge < -0.3 is 19.7 Å². The van der Waals surface area contributed by atoms with Crippen LogP contribution in [-0.4, -0.2) is 50.4 Å². The fraction of sp³-hybridized carbons (Fsp3) is 0.471. The highest BCUT2D eigenvalue weighted by Gasteiger charge is 2.41. The van der Waals surface area contributed by atoms with Crippen LogP contribution >= 0.6 is 0 Å². The number of carbonyl (C=O) groups is 3. The highest BCUT2D eigenvalue weighted by atomic mass is 19.1. The van der Waals surface area contributed by atoms with Gasteiger partial charge in [0.05, 0.1) is 38.0 Å². The molecular weight excluding hydrogens is 345 g/mol. The van der Waals surface area contributed by atoms with Crippen molar-refractivity contribution in [2.75, 3.05) is 30.0 Å². The van der Waals surface area contributed by atoms with Gasteiger partial charge in [0.1, 0.15) is 11.9 Å². The summed E-state index contributed by atoms with van der Waals surface area (Å²) in [6.45, 7) is 0.262. The lowest BCUT2D eigenvalue weighted by Crippen LogP contribution is -2.34. The molecule has 1 saturated carbocycles. The number of ether oxygens (including phenoxy) is 2. The molecule has 2 fully saturated rings. The number of alkyl carbamates (subject to hydrolysis) is 1. The third-order valence-electron chi connectivity index (χ3n) is 4.74. The van der Waals surface area contributed by atoms with Crippen molar-refractivity contribution in [3.8, 4) is 0 Å². The molecule has 3 aliphatic rings. The summed E-state index contributed by atoms with van der Waals surface area (Å²) < 4.78 is 24.4. The molecule has 1 unspecified atom stereocenters. The summed E-state index contributed by atoms with van der Waals surface area (Å²) in [6.07, 6.45) is 0.0975. The van der Waals surface area contributed by atoms with Crippen LogP contribution < -0.4 is 15.1 Å². The Morgan fingerprint density at radius 3 is 2.85 bits per heavy atom. The van der Waals surface area contributed by atoms with E-state index in [4.69, 9.17) is 4.74 Å². The maximum Gasteiger partial charge on any atom is 0.414 e. The van der Waals surface area contributed by atoms with Crippen LogP contribution in [0.1, 0.15) is 18.4 Å². The maximum absolute atomic E-state index is 14.7. The SMILES string of the molecule is COC(=O)NCC1CN(c2cc(F)c3c(c2)CC(=O)N3C2CC2)C(=O)O1. The first-order valence-electron chi connectivity index (χ1n) is 8.42. The van der Waals surface area contributed by atoms with Crippen LogP contribution in [-0.2, 0) is 20.7 Å². The molecule has 0 aromatic heterocycles. The van der Waals surface area contributed by atoms with Gasteiger partial charge in [-0.15, -0.1) is 0 Å². The molecule has 4 rings (SSSR count). The Bertz CT molecular complexity index is 795. The zero-order valence-corrected chi connectivity index (χ0v) is 14.2. The summed E-state index contributed by atoms with van der Waals surface area (Å²) >= 11 is 0. The maximum atomic E-state index is 14.7. The minimum Gasteiger partial charge on any atom is -0.453 e. The molecule has 0 spiro atoms. The number of cyclic esters (lactones) is 1. The predicted octanol–water partition coefficient (Wildman–Crippen LogP) is 1.56. The van der Waals surface area contributed by atoms with Crippen molar-refractivity contribution in [3.05, 3.63) is 23.5 Å². The second-order valence-corrected chi connectivity index (χ2v) is 6.60. The molecule has 8 nitrogen and oxygen atoms in total. The number of halogens is 1. The van der Waals surface area contributed by atoms with Crippen molar-refractivity contribution in [1.29, 1.82) is 0 Å². The molecule has 0 radical (unpaired) electrons. The Morgan fingerprint density at radius 1 is 1.38 bits per heavy atom. The Morgan fingerprint density at radius 2 is 2.15 bits per heavy atom.